The molecule has 1 aliphatic rings. The first kappa shape index (κ1) is 12.9. The minimum Gasteiger partial charge on any atom is -0.353 e. The molecule has 3 heteroatoms. The molecule has 0 bridgehead atoms. The van der Waals surface area contributed by atoms with E-state index in [9.17, 15) is 0 Å². The van der Waals surface area contributed by atoms with Crippen molar-refractivity contribution in [2.24, 2.45) is 10.9 Å². The Bertz CT molecular complexity index is 422. The van der Waals surface area contributed by atoms with Crippen LogP contribution in [0.25, 0.3) is 0 Å². The molecule has 98 valence electrons. The molecule has 1 aliphatic heterocycles. The number of hydrogen-bond acceptors (Lipinski definition) is 3. The van der Waals surface area contributed by atoms with Crippen molar-refractivity contribution in [1.82, 2.24) is 5.32 Å². The Balaban J connectivity index is 1.99. The predicted molar refractivity (Wildman–Crippen MR) is 77.9 cm³/mol. The van der Waals surface area contributed by atoms with E-state index in [4.69, 9.17) is 0 Å². The summed E-state index contributed by atoms with van der Waals surface area (Å²) in [7, 11) is 0. The van der Waals surface area contributed by atoms with Gasteiger partial charge in [0.05, 0.1) is 6.54 Å². The van der Waals surface area contributed by atoms with E-state index in [0.29, 0.717) is 12.0 Å². The fourth-order valence-corrected chi connectivity index (χ4v) is 2.52. The number of nitrogens with zero attached hydrogens (tertiary/aromatic N) is 1. The van der Waals surface area contributed by atoms with Crippen LogP contribution in [0.2, 0.25) is 0 Å². The van der Waals surface area contributed by atoms with E-state index in [2.05, 4.69) is 60.7 Å². The highest BCUT2D eigenvalue weighted by atomic mass is 15.2. The molecule has 18 heavy (non-hydrogen) atoms. The number of fused-ring (bicyclic) bond motifs is 1. The van der Waals surface area contributed by atoms with E-state index in [1.165, 1.54) is 24.1 Å². The summed E-state index contributed by atoms with van der Waals surface area (Å²) in [6.07, 6.45) is 2.41. The Morgan fingerprint density at radius 1 is 1.28 bits per heavy atom. The zero-order valence-corrected chi connectivity index (χ0v) is 11.5. The highest BCUT2D eigenvalue weighted by Crippen LogP contribution is 2.20. The van der Waals surface area contributed by atoms with Crippen molar-refractivity contribution < 1.29 is 0 Å². The second-order valence-corrected chi connectivity index (χ2v) is 4.96. The molecule has 1 heterocycles. The molecule has 0 aliphatic carbocycles. The number of anilines is 1. The molecule has 0 saturated carbocycles. The predicted octanol–water partition coefficient (Wildman–Crippen LogP) is 3.38. The Kier molecular flexibility index (Phi) is 4.24. The SMILES string of the molecule is CCC(CC)C(C)NC1=NCc2ccccc2N1. The molecule has 0 amide bonds. The normalized spacial score (nSPS) is 15.7. The zero-order valence-electron chi connectivity index (χ0n) is 11.5. The maximum atomic E-state index is 4.56. The fraction of sp³-hybridized carbons (Fsp3) is 0.533. The lowest BCUT2D eigenvalue weighted by atomic mass is 9.96. The van der Waals surface area contributed by atoms with Crippen LogP contribution in [0.15, 0.2) is 29.3 Å². The van der Waals surface area contributed by atoms with E-state index in [1.54, 1.807) is 0 Å². The van der Waals surface area contributed by atoms with E-state index in [0.717, 1.165) is 12.5 Å². The highest BCUT2D eigenvalue weighted by molar-refractivity contribution is 5.95. The summed E-state index contributed by atoms with van der Waals surface area (Å²) in [5.74, 6) is 1.61. The van der Waals surface area contributed by atoms with Crippen LogP contribution < -0.4 is 10.6 Å². The Morgan fingerprint density at radius 3 is 2.72 bits per heavy atom. The first-order chi connectivity index (χ1) is 8.74. The first-order valence-electron chi connectivity index (χ1n) is 6.90. The Labute approximate surface area is 110 Å². The lowest BCUT2D eigenvalue weighted by Gasteiger charge is -2.27. The van der Waals surface area contributed by atoms with Crippen LogP contribution in [0.3, 0.4) is 0 Å². The third-order valence-electron chi connectivity index (χ3n) is 3.80. The number of hydrogen-bond donors (Lipinski definition) is 2. The number of rotatable bonds is 4. The average molecular weight is 245 g/mol. The largest absolute Gasteiger partial charge is 0.353 e. The number of para-hydroxylation sites is 1. The van der Waals surface area contributed by atoms with Crippen molar-refractivity contribution in [3.05, 3.63) is 29.8 Å². The van der Waals surface area contributed by atoms with Crippen LogP contribution in [0.1, 0.15) is 39.2 Å². The van der Waals surface area contributed by atoms with Gasteiger partial charge in [-0.05, 0) is 24.5 Å². The number of guanidine groups is 1. The zero-order chi connectivity index (χ0) is 13.0. The van der Waals surface area contributed by atoms with Crippen molar-refractivity contribution in [1.29, 1.82) is 0 Å². The van der Waals surface area contributed by atoms with Crippen LogP contribution in [0.5, 0.6) is 0 Å². The van der Waals surface area contributed by atoms with Gasteiger partial charge in [0.1, 0.15) is 0 Å². The van der Waals surface area contributed by atoms with Crippen molar-refractivity contribution in [2.45, 2.75) is 46.2 Å². The second kappa shape index (κ2) is 5.89. The van der Waals surface area contributed by atoms with Gasteiger partial charge in [0, 0.05) is 11.7 Å². The molecule has 0 fully saturated rings. The topological polar surface area (TPSA) is 36.4 Å². The van der Waals surface area contributed by atoms with Crippen LogP contribution >= 0.6 is 0 Å². The maximum absolute atomic E-state index is 4.56. The van der Waals surface area contributed by atoms with Gasteiger partial charge in [-0.1, -0.05) is 44.9 Å². The third kappa shape index (κ3) is 2.84. The van der Waals surface area contributed by atoms with Crippen molar-refractivity contribution in [3.8, 4) is 0 Å². The van der Waals surface area contributed by atoms with Gasteiger partial charge in [-0.3, -0.25) is 0 Å². The molecule has 0 spiro atoms. The molecule has 0 radical (unpaired) electrons. The monoisotopic (exact) mass is 245 g/mol. The quantitative estimate of drug-likeness (QED) is 0.853. The van der Waals surface area contributed by atoms with Crippen LogP contribution in [-0.4, -0.2) is 12.0 Å². The minimum atomic E-state index is 0.455. The number of nitrogens with one attached hydrogen (secondary N) is 2. The average Bonchev–Trinajstić information content (AvgIpc) is 2.40. The third-order valence-corrected chi connectivity index (χ3v) is 3.80. The van der Waals surface area contributed by atoms with Gasteiger partial charge in [-0.2, -0.15) is 0 Å². The van der Waals surface area contributed by atoms with Gasteiger partial charge >= 0.3 is 0 Å². The summed E-state index contributed by atoms with van der Waals surface area (Å²) in [6.45, 7) is 7.50. The summed E-state index contributed by atoms with van der Waals surface area (Å²) in [4.78, 5) is 4.56. The lowest BCUT2D eigenvalue weighted by Crippen LogP contribution is -2.42. The molecule has 3 nitrogen and oxygen atoms in total. The van der Waals surface area contributed by atoms with E-state index in [-0.39, 0.29) is 0 Å². The smallest absolute Gasteiger partial charge is 0.196 e. The first-order valence-corrected chi connectivity index (χ1v) is 6.90. The standard InChI is InChI=1S/C15H23N3/c1-4-12(5-2)11(3)17-15-16-10-13-8-6-7-9-14(13)18-15/h6-9,11-12H,4-5,10H2,1-3H3,(H2,16,17,18). The van der Waals surface area contributed by atoms with Gasteiger partial charge in [-0.15, -0.1) is 0 Å². The minimum absolute atomic E-state index is 0.455. The summed E-state index contributed by atoms with van der Waals surface area (Å²) in [5.41, 5.74) is 2.44. The van der Waals surface area contributed by atoms with Gasteiger partial charge in [0.15, 0.2) is 5.96 Å². The molecule has 1 aromatic rings. The van der Waals surface area contributed by atoms with Crippen molar-refractivity contribution in [3.63, 3.8) is 0 Å². The fourth-order valence-electron chi connectivity index (χ4n) is 2.52. The van der Waals surface area contributed by atoms with Crippen molar-refractivity contribution >= 4 is 11.6 Å². The number of benzene rings is 1. The molecule has 0 saturated heterocycles. The highest BCUT2D eigenvalue weighted by Gasteiger charge is 2.17. The molecule has 2 N–H and O–H groups in total. The summed E-state index contributed by atoms with van der Waals surface area (Å²) in [5, 5.41) is 6.87. The van der Waals surface area contributed by atoms with Crippen molar-refractivity contribution in [2.75, 3.05) is 5.32 Å². The molecular weight excluding hydrogens is 222 g/mol. The van der Waals surface area contributed by atoms with Crippen LogP contribution in [-0.2, 0) is 6.54 Å². The van der Waals surface area contributed by atoms with Gasteiger partial charge in [0.2, 0.25) is 0 Å². The molecule has 1 unspecified atom stereocenters. The van der Waals surface area contributed by atoms with Crippen LogP contribution in [0, 0.1) is 5.92 Å². The van der Waals surface area contributed by atoms with Gasteiger partial charge in [-0.25, -0.2) is 4.99 Å². The summed E-state index contributed by atoms with van der Waals surface area (Å²) in [6, 6.07) is 8.79. The maximum Gasteiger partial charge on any atom is 0.196 e. The molecule has 1 aromatic carbocycles. The Morgan fingerprint density at radius 2 is 2.00 bits per heavy atom. The number of aliphatic imine (C=N–C) groups is 1. The molecule has 0 aromatic heterocycles. The van der Waals surface area contributed by atoms with E-state index < -0.39 is 0 Å². The molecular formula is C15H23N3. The van der Waals surface area contributed by atoms with E-state index >= 15 is 0 Å². The van der Waals surface area contributed by atoms with Gasteiger partial charge in [0.25, 0.3) is 0 Å². The molecule has 2 rings (SSSR count). The summed E-state index contributed by atoms with van der Waals surface area (Å²) < 4.78 is 0. The van der Waals surface area contributed by atoms with E-state index in [1.807, 2.05) is 0 Å². The molecule has 1 atom stereocenters. The lowest BCUT2D eigenvalue weighted by molar-refractivity contribution is 0.390. The van der Waals surface area contributed by atoms with Crippen LogP contribution in [0.4, 0.5) is 5.69 Å². The van der Waals surface area contributed by atoms with Gasteiger partial charge < -0.3 is 10.6 Å². The second-order valence-electron chi connectivity index (χ2n) is 4.96. The summed E-state index contributed by atoms with van der Waals surface area (Å²) >= 11 is 0. The Hall–Kier alpha value is -1.51.